The van der Waals surface area contributed by atoms with Crippen molar-refractivity contribution in [3.8, 4) is 5.69 Å². The van der Waals surface area contributed by atoms with E-state index in [1.165, 1.54) is 17.1 Å². The topological polar surface area (TPSA) is 38.9 Å². The molecule has 0 unspecified atom stereocenters. The molecule has 5 heteroatoms. The Morgan fingerprint density at radius 3 is 2.91 bits per heavy atom. The van der Waals surface area contributed by atoms with Crippen molar-refractivity contribution in [1.82, 2.24) is 24.0 Å². The minimum absolute atomic E-state index is 0.938. The van der Waals surface area contributed by atoms with Gasteiger partial charge in [0.1, 0.15) is 0 Å². The van der Waals surface area contributed by atoms with Crippen molar-refractivity contribution in [2.24, 2.45) is 0 Å². The van der Waals surface area contributed by atoms with Gasteiger partial charge in [-0.3, -0.25) is 9.88 Å². The summed E-state index contributed by atoms with van der Waals surface area (Å²) in [5, 5.41) is 0. The highest BCUT2D eigenvalue weighted by Crippen LogP contribution is 2.20. The molecule has 118 valence electrons. The minimum Gasteiger partial charge on any atom is -0.333 e. The molecular weight excluding hydrogens is 286 g/mol. The number of hydrogen-bond donors (Lipinski definition) is 0. The molecule has 5 nitrogen and oxygen atoms in total. The Kier molecular flexibility index (Phi) is 3.71. The third kappa shape index (κ3) is 2.80. The number of nitrogens with zero attached hydrogens (tertiary/aromatic N) is 5. The predicted molar refractivity (Wildman–Crippen MR) is 89.3 cm³/mol. The molecule has 3 aromatic rings. The Labute approximate surface area is 136 Å². The highest BCUT2D eigenvalue weighted by molar-refractivity contribution is 5.35. The van der Waals surface area contributed by atoms with E-state index in [4.69, 9.17) is 0 Å². The predicted octanol–water partition coefficient (Wildman–Crippen LogP) is 2.78. The lowest BCUT2D eigenvalue weighted by Crippen LogP contribution is -2.24. The monoisotopic (exact) mass is 307 g/mol. The van der Waals surface area contributed by atoms with Gasteiger partial charge in [0.25, 0.3) is 0 Å². The Balaban J connectivity index is 1.60. The van der Waals surface area contributed by atoms with Crippen molar-refractivity contribution >= 4 is 0 Å². The van der Waals surface area contributed by atoms with Crippen LogP contribution in [0.15, 0.2) is 49.2 Å². The summed E-state index contributed by atoms with van der Waals surface area (Å²) < 4.78 is 4.57. The van der Waals surface area contributed by atoms with Gasteiger partial charge in [-0.2, -0.15) is 0 Å². The molecule has 23 heavy (non-hydrogen) atoms. The van der Waals surface area contributed by atoms with E-state index in [2.05, 4.69) is 49.1 Å². The molecule has 0 saturated carbocycles. The third-order valence-electron chi connectivity index (χ3n) is 4.50. The molecule has 0 aliphatic carbocycles. The van der Waals surface area contributed by atoms with Gasteiger partial charge in [-0.1, -0.05) is 0 Å². The Morgan fingerprint density at radius 1 is 1.09 bits per heavy atom. The van der Waals surface area contributed by atoms with E-state index in [9.17, 15) is 0 Å². The number of rotatable bonds is 3. The van der Waals surface area contributed by atoms with Gasteiger partial charge in [0.05, 0.1) is 23.9 Å². The van der Waals surface area contributed by atoms with Crippen LogP contribution < -0.4 is 0 Å². The Morgan fingerprint density at radius 2 is 2.04 bits per heavy atom. The number of aryl methyl sites for hydroxylation is 2. The van der Waals surface area contributed by atoms with Crippen LogP contribution in [0.25, 0.3) is 5.69 Å². The third-order valence-corrected chi connectivity index (χ3v) is 4.50. The molecule has 4 heterocycles. The maximum atomic E-state index is 4.28. The Bertz CT molecular complexity index is 787. The van der Waals surface area contributed by atoms with Crippen LogP contribution in [0.1, 0.15) is 23.5 Å². The number of hydrogen-bond acceptors (Lipinski definition) is 3. The second-order valence-electron chi connectivity index (χ2n) is 6.16. The molecule has 0 spiro atoms. The van der Waals surface area contributed by atoms with Gasteiger partial charge in [-0.25, -0.2) is 4.98 Å². The van der Waals surface area contributed by atoms with Gasteiger partial charge in [0.2, 0.25) is 0 Å². The van der Waals surface area contributed by atoms with Crippen LogP contribution in [0.4, 0.5) is 0 Å². The zero-order valence-corrected chi connectivity index (χ0v) is 13.4. The van der Waals surface area contributed by atoms with Crippen molar-refractivity contribution in [2.75, 3.05) is 6.54 Å². The first-order valence-corrected chi connectivity index (χ1v) is 8.10. The van der Waals surface area contributed by atoms with Crippen molar-refractivity contribution < 1.29 is 0 Å². The molecule has 0 saturated heterocycles. The van der Waals surface area contributed by atoms with Gasteiger partial charge in [-0.15, -0.1) is 0 Å². The van der Waals surface area contributed by atoms with Crippen molar-refractivity contribution in [2.45, 2.75) is 33.0 Å². The molecule has 0 fully saturated rings. The lowest BCUT2D eigenvalue weighted by Gasteiger charge is -2.21. The van der Waals surface area contributed by atoms with Gasteiger partial charge in [0, 0.05) is 50.0 Å². The fraction of sp³-hybridized carbons (Fsp3) is 0.333. The standard InChI is InChI=1S/C18H21N5/c1-15-5-6-17(23(15)16-4-2-7-19-10-16)12-21-8-3-9-22-14-20-11-18(22)13-21/h2,4-7,10-11,14H,3,8-9,12-13H2,1H3. The molecule has 0 amide bonds. The maximum Gasteiger partial charge on any atom is 0.0948 e. The van der Waals surface area contributed by atoms with E-state index in [1.807, 2.05) is 31.0 Å². The zero-order valence-electron chi connectivity index (χ0n) is 13.4. The largest absolute Gasteiger partial charge is 0.333 e. The summed E-state index contributed by atoms with van der Waals surface area (Å²) in [5.74, 6) is 0. The summed E-state index contributed by atoms with van der Waals surface area (Å²) in [7, 11) is 0. The van der Waals surface area contributed by atoms with Crippen molar-refractivity contribution in [3.05, 3.63) is 66.3 Å². The fourth-order valence-electron chi connectivity index (χ4n) is 3.39. The molecule has 1 aliphatic heterocycles. The van der Waals surface area contributed by atoms with Crippen molar-refractivity contribution in [3.63, 3.8) is 0 Å². The summed E-state index contributed by atoms with van der Waals surface area (Å²) in [5.41, 5.74) is 4.99. The van der Waals surface area contributed by atoms with Crippen LogP contribution in [0.3, 0.4) is 0 Å². The highest BCUT2D eigenvalue weighted by Gasteiger charge is 2.17. The second-order valence-corrected chi connectivity index (χ2v) is 6.16. The molecule has 0 N–H and O–H groups in total. The molecule has 0 aromatic carbocycles. The van der Waals surface area contributed by atoms with Crippen LogP contribution in [-0.2, 0) is 19.6 Å². The van der Waals surface area contributed by atoms with Crippen LogP contribution in [-0.4, -0.2) is 30.5 Å². The van der Waals surface area contributed by atoms with Crippen LogP contribution in [0.2, 0.25) is 0 Å². The summed E-state index contributed by atoms with van der Waals surface area (Å²) in [6.07, 6.45) is 8.84. The Hall–Kier alpha value is -2.40. The van der Waals surface area contributed by atoms with Gasteiger partial charge < -0.3 is 9.13 Å². The quantitative estimate of drug-likeness (QED) is 0.747. The summed E-state index contributed by atoms with van der Waals surface area (Å²) in [6, 6.07) is 8.51. The number of aromatic nitrogens is 4. The lowest BCUT2D eigenvalue weighted by molar-refractivity contribution is 0.256. The average Bonchev–Trinajstić information content (AvgIpc) is 3.10. The van der Waals surface area contributed by atoms with E-state index >= 15 is 0 Å². The summed E-state index contributed by atoms with van der Waals surface area (Å²) >= 11 is 0. The SMILES string of the molecule is Cc1ccc(CN2CCCn3cncc3C2)n1-c1cccnc1. The van der Waals surface area contributed by atoms with E-state index in [0.717, 1.165) is 38.3 Å². The fourth-order valence-corrected chi connectivity index (χ4v) is 3.39. The smallest absolute Gasteiger partial charge is 0.0948 e. The lowest BCUT2D eigenvalue weighted by atomic mass is 10.3. The van der Waals surface area contributed by atoms with Gasteiger partial charge in [0.15, 0.2) is 0 Å². The zero-order chi connectivity index (χ0) is 15.6. The summed E-state index contributed by atoms with van der Waals surface area (Å²) in [6.45, 7) is 6.21. The second kappa shape index (κ2) is 6.01. The number of pyridine rings is 1. The minimum atomic E-state index is 0.938. The first-order valence-electron chi connectivity index (χ1n) is 8.10. The van der Waals surface area contributed by atoms with E-state index in [0.29, 0.717) is 0 Å². The highest BCUT2D eigenvalue weighted by atomic mass is 15.2. The van der Waals surface area contributed by atoms with Crippen molar-refractivity contribution in [1.29, 1.82) is 0 Å². The van der Waals surface area contributed by atoms with E-state index in [-0.39, 0.29) is 0 Å². The van der Waals surface area contributed by atoms with Gasteiger partial charge >= 0.3 is 0 Å². The average molecular weight is 307 g/mol. The first kappa shape index (κ1) is 14.2. The van der Waals surface area contributed by atoms with Crippen LogP contribution in [0.5, 0.6) is 0 Å². The molecular formula is C18H21N5. The van der Waals surface area contributed by atoms with Crippen LogP contribution in [0, 0.1) is 6.92 Å². The van der Waals surface area contributed by atoms with Gasteiger partial charge in [-0.05, 0) is 37.6 Å². The maximum absolute atomic E-state index is 4.28. The molecule has 3 aromatic heterocycles. The molecule has 0 radical (unpaired) electrons. The molecule has 4 rings (SSSR count). The molecule has 1 aliphatic rings. The normalized spacial score (nSPS) is 15.3. The summed E-state index contributed by atoms with van der Waals surface area (Å²) in [4.78, 5) is 11.0. The number of fused-ring (bicyclic) bond motifs is 1. The first-order chi connectivity index (χ1) is 11.3. The number of imidazole rings is 1. The molecule has 0 bridgehead atoms. The van der Waals surface area contributed by atoms with E-state index in [1.54, 1.807) is 0 Å². The molecule has 0 atom stereocenters. The van der Waals surface area contributed by atoms with Crippen LogP contribution >= 0.6 is 0 Å². The van der Waals surface area contributed by atoms with E-state index < -0.39 is 0 Å².